The van der Waals surface area contributed by atoms with Crippen molar-refractivity contribution in [2.75, 3.05) is 11.9 Å². The first-order chi connectivity index (χ1) is 18.2. The molecule has 4 aromatic heterocycles. The second-order valence-corrected chi connectivity index (χ2v) is 8.82. The molecule has 8 nitrogen and oxygen atoms in total. The summed E-state index contributed by atoms with van der Waals surface area (Å²) < 4.78 is 6.00. The molecule has 0 aliphatic carbocycles. The van der Waals surface area contributed by atoms with E-state index in [1.807, 2.05) is 66.9 Å². The van der Waals surface area contributed by atoms with Gasteiger partial charge in [-0.3, -0.25) is 4.98 Å². The van der Waals surface area contributed by atoms with Gasteiger partial charge in [-0.15, -0.1) is 0 Å². The number of aromatic nitrogens is 5. The minimum absolute atomic E-state index is 0.158. The van der Waals surface area contributed by atoms with E-state index >= 15 is 0 Å². The van der Waals surface area contributed by atoms with Gasteiger partial charge in [-0.25, -0.2) is 15.0 Å². The van der Waals surface area contributed by atoms with Crippen molar-refractivity contribution in [3.63, 3.8) is 0 Å². The molecular weight excluding hydrogens is 462 g/mol. The smallest absolute Gasteiger partial charge is 0.165 e. The van der Waals surface area contributed by atoms with E-state index < -0.39 is 0 Å². The minimum Gasteiger partial charge on any atom is -0.490 e. The molecule has 37 heavy (non-hydrogen) atoms. The summed E-state index contributed by atoms with van der Waals surface area (Å²) in [6.45, 7) is 0.373. The maximum atomic E-state index is 6.39. The van der Waals surface area contributed by atoms with Gasteiger partial charge in [0.15, 0.2) is 5.65 Å². The zero-order chi connectivity index (χ0) is 25.0. The number of hydrogen-bond donors (Lipinski definition) is 3. The molecule has 0 fully saturated rings. The van der Waals surface area contributed by atoms with Crippen molar-refractivity contribution in [1.29, 1.82) is 0 Å². The number of hydrogen-bond acceptors (Lipinski definition) is 7. The molecular formula is C29H25N7O. The summed E-state index contributed by atoms with van der Waals surface area (Å²) in [5.74, 6) is 1.34. The zero-order valence-corrected chi connectivity index (χ0v) is 20.0. The van der Waals surface area contributed by atoms with Gasteiger partial charge in [0.25, 0.3) is 0 Å². The van der Waals surface area contributed by atoms with Crippen molar-refractivity contribution in [2.24, 2.45) is 5.73 Å². The summed E-state index contributed by atoms with van der Waals surface area (Å²) in [4.78, 5) is 21.2. The quantitative estimate of drug-likeness (QED) is 0.268. The Kier molecular flexibility index (Phi) is 6.14. The maximum absolute atomic E-state index is 6.39. The fourth-order valence-electron chi connectivity index (χ4n) is 4.34. The molecule has 0 bridgehead atoms. The molecule has 6 aromatic rings. The average Bonchev–Trinajstić information content (AvgIpc) is 3.35. The van der Waals surface area contributed by atoms with Crippen LogP contribution in [0.4, 0.5) is 11.5 Å². The number of pyridine rings is 2. The number of H-pyrrole nitrogens is 1. The summed E-state index contributed by atoms with van der Waals surface area (Å²) >= 11 is 0. The lowest BCUT2D eigenvalue weighted by Crippen LogP contribution is -2.30. The monoisotopic (exact) mass is 487 g/mol. The summed E-state index contributed by atoms with van der Waals surface area (Å²) in [7, 11) is 0. The van der Waals surface area contributed by atoms with Crippen LogP contribution in [0.2, 0.25) is 0 Å². The molecule has 0 aliphatic rings. The second-order valence-electron chi connectivity index (χ2n) is 8.82. The number of benzene rings is 2. The predicted octanol–water partition coefficient (Wildman–Crippen LogP) is 5.26. The maximum Gasteiger partial charge on any atom is 0.165 e. The van der Waals surface area contributed by atoms with E-state index in [1.54, 1.807) is 12.4 Å². The first-order valence-corrected chi connectivity index (χ1v) is 12.1. The van der Waals surface area contributed by atoms with Crippen LogP contribution in [-0.2, 0) is 6.42 Å². The molecule has 4 heterocycles. The molecule has 0 unspecified atom stereocenters. The van der Waals surface area contributed by atoms with Crippen molar-refractivity contribution in [2.45, 2.75) is 12.5 Å². The highest BCUT2D eigenvalue weighted by molar-refractivity contribution is 5.89. The van der Waals surface area contributed by atoms with E-state index in [0.29, 0.717) is 30.2 Å². The molecule has 0 radical (unpaired) electrons. The lowest BCUT2D eigenvalue weighted by Gasteiger charge is -2.13. The molecule has 0 spiro atoms. The topological polar surface area (TPSA) is 115 Å². The van der Waals surface area contributed by atoms with Crippen LogP contribution in [0.15, 0.2) is 97.7 Å². The molecule has 0 saturated heterocycles. The first-order valence-electron chi connectivity index (χ1n) is 12.1. The summed E-state index contributed by atoms with van der Waals surface area (Å²) in [6, 6.07) is 23.8. The third-order valence-corrected chi connectivity index (χ3v) is 6.16. The molecule has 6 rings (SSSR count). The van der Waals surface area contributed by atoms with Gasteiger partial charge >= 0.3 is 0 Å². The van der Waals surface area contributed by atoms with Crippen molar-refractivity contribution in [1.82, 2.24) is 24.9 Å². The molecule has 2 aromatic carbocycles. The molecule has 182 valence electrons. The van der Waals surface area contributed by atoms with Gasteiger partial charge in [0.05, 0.1) is 17.3 Å². The third-order valence-electron chi connectivity index (χ3n) is 6.16. The van der Waals surface area contributed by atoms with Crippen molar-refractivity contribution >= 4 is 33.4 Å². The highest BCUT2D eigenvalue weighted by Gasteiger charge is 2.12. The molecule has 0 aliphatic heterocycles. The number of fused-ring (bicyclic) bond motifs is 2. The second kappa shape index (κ2) is 10.0. The van der Waals surface area contributed by atoms with Crippen LogP contribution < -0.4 is 15.8 Å². The van der Waals surface area contributed by atoms with Crippen molar-refractivity contribution < 1.29 is 4.74 Å². The Hall–Kier alpha value is -4.82. The van der Waals surface area contributed by atoms with E-state index in [-0.39, 0.29) is 6.04 Å². The number of para-hydroxylation sites is 2. The normalized spacial score (nSPS) is 12.0. The first kappa shape index (κ1) is 22.6. The van der Waals surface area contributed by atoms with Gasteiger partial charge < -0.3 is 20.8 Å². The number of anilines is 2. The molecule has 4 N–H and O–H groups in total. The molecule has 8 heteroatoms. The Morgan fingerprint density at radius 3 is 2.70 bits per heavy atom. The molecule has 0 amide bonds. The van der Waals surface area contributed by atoms with Gasteiger partial charge in [-0.05, 0) is 48.4 Å². The fraction of sp³-hybridized carbons (Fsp3) is 0.103. The molecule has 0 saturated carbocycles. The SMILES string of the molecule is N[C@H](COc1cncc(-c2ccc3c(Nc4ccccc4)ncnc3n2)c1)Cc1c[nH]c2ccccc12. The summed E-state index contributed by atoms with van der Waals surface area (Å²) in [5.41, 5.74) is 11.8. The third kappa shape index (κ3) is 4.96. The zero-order valence-electron chi connectivity index (χ0n) is 20.0. The Bertz CT molecular complexity index is 1670. The highest BCUT2D eigenvalue weighted by Crippen LogP contribution is 2.27. The van der Waals surface area contributed by atoms with Crippen LogP contribution in [-0.4, -0.2) is 37.6 Å². The lowest BCUT2D eigenvalue weighted by molar-refractivity contribution is 0.287. The van der Waals surface area contributed by atoms with Gasteiger partial charge in [-0.1, -0.05) is 36.4 Å². The predicted molar refractivity (Wildman–Crippen MR) is 146 cm³/mol. The van der Waals surface area contributed by atoms with Gasteiger partial charge in [0.2, 0.25) is 0 Å². The van der Waals surface area contributed by atoms with Crippen LogP contribution >= 0.6 is 0 Å². The van der Waals surface area contributed by atoms with Crippen LogP contribution in [0.3, 0.4) is 0 Å². The standard InChI is InChI=1S/C29H25N7O/c30-21(12-19-15-32-27-9-5-4-8-24(19)27)17-37-23-13-20(14-31-16-23)26-11-10-25-28(33-18-34-29(25)36-26)35-22-6-2-1-3-7-22/h1-11,13-16,18,21,32H,12,17,30H2,(H,33,34,35,36)/t21-/m0/s1. The number of rotatable bonds is 8. The van der Waals surface area contributed by atoms with E-state index in [4.69, 9.17) is 15.5 Å². The largest absolute Gasteiger partial charge is 0.490 e. The van der Waals surface area contributed by atoms with E-state index in [0.717, 1.165) is 27.8 Å². The van der Waals surface area contributed by atoms with Crippen LogP contribution in [0.25, 0.3) is 33.2 Å². The Morgan fingerprint density at radius 2 is 1.78 bits per heavy atom. The molecule has 1 atom stereocenters. The van der Waals surface area contributed by atoms with Crippen molar-refractivity contribution in [3.8, 4) is 17.0 Å². The number of aromatic amines is 1. The minimum atomic E-state index is -0.158. The van der Waals surface area contributed by atoms with E-state index in [1.165, 1.54) is 17.3 Å². The van der Waals surface area contributed by atoms with Gasteiger partial charge in [0, 0.05) is 40.6 Å². The number of ether oxygens (including phenoxy) is 1. The van der Waals surface area contributed by atoms with Crippen LogP contribution in [0.1, 0.15) is 5.56 Å². The summed E-state index contributed by atoms with van der Waals surface area (Å²) in [6.07, 6.45) is 7.69. The number of nitrogens with two attached hydrogens (primary N) is 1. The number of nitrogens with zero attached hydrogens (tertiary/aromatic N) is 4. The number of nitrogens with one attached hydrogen (secondary N) is 2. The van der Waals surface area contributed by atoms with Crippen LogP contribution in [0.5, 0.6) is 5.75 Å². The lowest BCUT2D eigenvalue weighted by atomic mass is 10.1. The van der Waals surface area contributed by atoms with Crippen LogP contribution in [0, 0.1) is 0 Å². The Balaban J connectivity index is 1.16. The highest BCUT2D eigenvalue weighted by atomic mass is 16.5. The fourth-order valence-corrected chi connectivity index (χ4v) is 4.34. The van der Waals surface area contributed by atoms with E-state index in [9.17, 15) is 0 Å². The van der Waals surface area contributed by atoms with E-state index in [2.05, 4.69) is 37.4 Å². The Morgan fingerprint density at radius 1 is 0.919 bits per heavy atom. The summed E-state index contributed by atoms with van der Waals surface area (Å²) in [5, 5.41) is 5.35. The average molecular weight is 488 g/mol. The van der Waals surface area contributed by atoms with Gasteiger partial charge in [0.1, 0.15) is 24.5 Å². The van der Waals surface area contributed by atoms with Gasteiger partial charge in [-0.2, -0.15) is 0 Å². The van der Waals surface area contributed by atoms with Crippen molar-refractivity contribution in [3.05, 3.63) is 103 Å². The Labute approximate surface area is 213 Å².